The molecule has 102 valence electrons. The summed E-state index contributed by atoms with van der Waals surface area (Å²) in [5.41, 5.74) is 0.262. The number of ether oxygens (including phenoxy) is 1. The Balaban J connectivity index is 1.98. The van der Waals surface area contributed by atoms with E-state index in [4.69, 9.17) is 4.74 Å². The highest BCUT2D eigenvalue weighted by Gasteiger charge is 2.48. The molecule has 0 saturated carbocycles. The van der Waals surface area contributed by atoms with Gasteiger partial charge in [-0.05, 0) is 50.6 Å². The molecule has 2 saturated heterocycles. The highest BCUT2D eigenvalue weighted by Crippen LogP contribution is 2.37. The number of nitrogens with zero attached hydrogens (tertiary/aromatic N) is 1. The number of halogens is 1. The van der Waals surface area contributed by atoms with Crippen LogP contribution in [0.3, 0.4) is 0 Å². The molecule has 0 bridgehead atoms. The van der Waals surface area contributed by atoms with Crippen LogP contribution in [0, 0.1) is 5.82 Å². The van der Waals surface area contributed by atoms with Gasteiger partial charge in [0.1, 0.15) is 12.4 Å². The third-order valence-corrected chi connectivity index (χ3v) is 3.95. The van der Waals surface area contributed by atoms with Crippen LogP contribution in [0.2, 0.25) is 0 Å². The number of anilines is 1. The van der Waals surface area contributed by atoms with E-state index in [1.54, 1.807) is 17.0 Å². The molecule has 1 aromatic rings. The summed E-state index contributed by atoms with van der Waals surface area (Å²) in [6, 6.07) is 6.16. The van der Waals surface area contributed by atoms with Gasteiger partial charge in [0.2, 0.25) is 0 Å². The standard InChI is InChI=1S/C14H17FN2O2/c15-11-3-1-4-12(9-11)17-13(18)19-10-14(17)5-2-7-16-8-6-14/h1,3-4,9,16H,2,5-8,10H2. The number of carbonyl (C=O) groups is 1. The van der Waals surface area contributed by atoms with E-state index >= 15 is 0 Å². The average molecular weight is 264 g/mol. The molecule has 0 radical (unpaired) electrons. The van der Waals surface area contributed by atoms with E-state index < -0.39 is 0 Å². The van der Waals surface area contributed by atoms with Gasteiger partial charge in [0.25, 0.3) is 0 Å². The van der Waals surface area contributed by atoms with Gasteiger partial charge in [-0.25, -0.2) is 9.18 Å². The first kappa shape index (κ1) is 12.4. The maximum absolute atomic E-state index is 13.4. The minimum absolute atomic E-state index is 0.325. The molecule has 1 aromatic carbocycles. The summed E-state index contributed by atoms with van der Waals surface area (Å²) in [6.07, 6.45) is 2.33. The van der Waals surface area contributed by atoms with E-state index in [-0.39, 0.29) is 17.4 Å². The van der Waals surface area contributed by atoms with E-state index in [0.717, 1.165) is 32.4 Å². The summed E-state index contributed by atoms with van der Waals surface area (Å²) in [7, 11) is 0. The van der Waals surface area contributed by atoms with Crippen LogP contribution < -0.4 is 10.2 Å². The number of hydrogen-bond acceptors (Lipinski definition) is 3. The van der Waals surface area contributed by atoms with Crippen LogP contribution in [0.15, 0.2) is 24.3 Å². The molecule has 5 heteroatoms. The van der Waals surface area contributed by atoms with Gasteiger partial charge >= 0.3 is 6.09 Å². The number of rotatable bonds is 1. The highest BCUT2D eigenvalue weighted by atomic mass is 19.1. The Morgan fingerprint density at radius 1 is 1.32 bits per heavy atom. The highest BCUT2D eigenvalue weighted by molar-refractivity contribution is 5.91. The van der Waals surface area contributed by atoms with Gasteiger partial charge < -0.3 is 10.1 Å². The van der Waals surface area contributed by atoms with E-state index in [1.165, 1.54) is 12.1 Å². The first-order valence-electron chi connectivity index (χ1n) is 6.65. The van der Waals surface area contributed by atoms with E-state index in [9.17, 15) is 9.18 Å². The second-order valence-corrected chi connectivity index (χ2v) is 5.20. The Hall–Kier alpha value is -1.62. The topological polar surface area (TPSA) is 41.6 Å². The van der Waals surface area contributed by atoms with Gasteiger partial charge in [0, 0.05) is 0 Å². The van der Waals surface area contributed by atoms with Gasteiger partial charge in [-0.3, -0.25) is 4.90 Å². The van der Waals surface area contributed by atoms with Gasteiger partial charge in [0.05, 0.1) is 11.2 Å². The molecule has 4 nitrogen and oxygen atoms in total. The lowest BCUT2D eigenvalue weighted by Crippen LogP contribution is -2.48. The van der Waals surface area contributed by atoms with Crippen LogP contribution in [-0.2, 0) is 4.74 Å². The van der Waals surface area contributed by atoms with Crippen LogP contribution >= 0.6 is 0 Å². The van der Waals surface area contributed by atoms with Crippen LogP contribution in [-0.4, -0.2) is 31.3 Å². The lowest BCUT2D eigenvalue weighted by molar-refractivity contribution is 0.170. The van der Waals surface area contributed by atoms with Gasteiger partial charge in [-0.2, -0.15) is 0 Å². The summed E-state index contributed by atoms with van der Waals surface area (Å²) < 4.78 is 18.6. The second kappa shape index (κ2) is 4.81. The minimum atomic E-state index is -0.368. The predicted octanol–water partition coefficient (Wildman–Crippen LogP) is 2.29. The molecule has 1 spiro atoms. The fourth-order valence-electron chi connectivity index (χ4n) is 2.99. The molecule has 1 N–H and O–H groups in total. The number of hydrogen-bond donors (Lipinski definition) is 1. The number of nitrogens with one attached hydrogen (secondary N) is 1. The summed E-state index contributed by atoms with van der Waals surface area (Å²) >= 11 is 0. The zero-order valence-corrected chi connectivity index (χ0v) is 10.7. The largest absolute Gasteiger partial charge is 0.447 e. The molecule has 2 aliphatic rings. The minimum Gasteiger partial charge on any atom is -0.447 e. The van der Waals surface area contributed by atoms with Crippen molar-refractivity contribution in [2.45, 2.75) is 24.8 Å². The molecular weight excluding hydrogens is 247 g/mol. The van der Waals surface area contributed by atoms with Crippen molar-refractivity contribution in [3.8, 4) is 0 Å². The van der Waals surface area contributed by atoms with Crippen molar-refractivity contribution < 1.29 is 13.9 Å². The molecule has 2 heterocycles. The fourth-order valence-corrected chi connectivity index (χ4v) is 2.99. The lowest BCUT2D eigenvalue weighted by atomic mass is 9.90. The van der Waals surface area contributed by atoms with Crippen LogP contribution in [0.1, 0.15) is 19.3 Å². The zero-order chi connectivity index (χ0) is 13.3. The normalized spacial score (nSPS) is 27.4. The molecule has 2 fully saturated rings. The Morgan fingerprint density at radius 2 is 2.21 bits per heavy atom. The maximum atomic E-state index is 13.4. The molecule has 1 amide bonds. The Labute approximate surface area is 111 Å². The maximum Gasteiger partial charge on any atom is 0.415 e. The summed E-state index contributed by atoms with van der Waals surface area (Å²) in [4.78, 5) is 13.7. The number of cyclic esters (lactones) is 1. The van der Waals surface area contributed by atoms with Gasteiger partial charge in [-0.1, -0.05) is 6.07 Å². The van der Waals surface area contributed by atoms with E-state index in [0.29, 0.717) is 12.3 Å². The van der Waals surface area contributed by atoms with E-state index in [2.05, 4.69) is 5.32 Å². The van der Waals surface area contributed by atoms with E-state index in [1.807, 2.05) is 0 Å². The Morgan fingerprint density at radius 3 is 3.05 bits per heavy atom. The van der Waals surface area contributed by atoms with Crippen molar-refractivity contribution >= 4 is 11.8 Å². The van der Waals surface area contributed by atoms with Crippen LogP contribution in [0.25, 0.3) is 0 Å². The summed E-state index contributed by atoms with van der Waals surface area (Å²) in [5.74, 6) is -0.334. The third kappa shape index (κ3) is 2.18. The number of amides is 1. The first-order chi connectivity index (χ1) is 9.21. The Kier molecular flexibility index (Phi) is 3.14. The number of benzene rings is 1. The zero-order valence-electron chi connectivity index (χ0n) is 10.7. The monoisotopic (exact) mass is 264 g/mol. The third-order valence-electron chi connectivity index (χ3n) is 3.95. The lowest BCUT2D eigenvalue weighted by Gasteiger charge is -2.34. The predicted molar refractivity (Wildman–Crippen MR) is 69.7 cm³/mol. The fraction of sp³-hybridized carbons (Fsp3) is 0.500. The molecule has 2 aliphatic heterocycles. The molecule has 1 atom stereocenters. The van der Waals surface area contributed by atoms with Crippen molar-refractivity contribution in [3.05, 3.63) is 30.1 Å². The van der Waals surface area contributed by atoms with Crippen LogP contribution in [0.4, 0.5) is 14.9 Å². The molecule has 19 heavy (non-hydrogen) atoms. The molecule has 1 unspecified atom stereocenters. The average Bonchev–Trinajstić information content (AvgIpc) is 2.58. The molecular formula is C14H17FN2O2. The smallest absolute Gasteiger partial charge is 0.415 e. The molecule has 3 rings (SSSR count). The van der Waals surface area contributed by atoms with Gasteiger partial charge in [0.15, 0.2) is 0 Å². The molecule has 0 aliphatic carbocycles. The second-order valence-electron chi connectivity index (χ2n) is 5.20. The quantitative estimate of drug-likeness (QED) is 0.846. The van der Waals surface area contributed by atoms with Crippen LogP contribution in [0.5, 0.6) is 0 Å². The number of carbonyl (C=O) groups excluding carboxylic acids is 1. The Bertz CT molecular complexity index is 484. The SMILES string of the molecule is O=C1OCC2(CCCNCC2)N1c1cccc(F)c1. The van der Waals surface area contributed by atoms with Gasteiger partial charge in [-0.15, -0.1) is 0 Å². The van der Waals surface area contributed by atoms with Crippen molar-refractivity contribution in [2.24, 2.45) is 0 Å². The summed E-state index contributed by atoms with van der Waals surface area (Å²) in [5, 5.41) is 3.33. The van der Waals surface area contributed by atoms with Crippen molar-refractivity contribution in [2.75, 3.05) is 24.6 Å². The summed E-state index contributed by atoms with van der Waals surface area (Å²) in [6.45, 7) is 2.19. The molecule has 0 aromatic heterocycles. The van der Waals surface area contributed by atoms with Crippen molar-refractivity contribution in [1.29, 1.82) is 0 Å². The first-order valence-corrected chi connectivity index (χ1v) is 6.65. The van der Waals surface area contributed by atoms with Crippen molar-refractivity contribution in [1.82, 2.24) is 5.32 Å². The van der Waals surface area contributed by atoms with Crippen molar-refractivity contribution in [3.63, 3.8) is 0 Å².